The molecule has 0 bridgehead atoms. The number of halogens is 1. The van der Waals surface area contributed by atoms with Gasteiger partial charge in [0.05, 0.1) is 11.5 Å². The van der Waals surface area contributed by atoms with Gasteiger partial charge in [0.1, 0.15) is 5.69 Å². The van der Waals surface area contributed by atoms with E-state index in [1.165, 1.54) is 12.1 Å². The fourth-order valence-corrected chi connectivity index (χ4v) is 2.24. The lowest BCUT2D eigenvalue weighted by atomic mass is 10.2. The van der Waals surface area contributed by atoms with E-state index in [1.807, 2.05) is 18.3 Å². The van der Waals surface area contributed by atoms with Gasteiger partial charge in [-0.05, 0) is 30.7 Å². The molecule has 0 unspecified atom stereocenters. The monoisotopic (exact) mass is 293 g/mol. The Morgan fingerprint density at radius 3 is 2.90 bits per heavy atom. The highest BCUT2D eigenvalue weighted by Gasteiger charge is 2.14. The Morgan fingerprint density at radius 1 is 1.40 bits per heavy atom. The average Bonchev–Trinajstić information content (AvgIpc) is 2.84. The molecule has 20 heavy (non-hydrogen) atoms. The molecule has 5 nitrogen and oxygen atoms in total. The van der Waals surface area contributed by atoms with Crippen LogP contribution in [0.1, 0.15) is 19.0 Å². The van der Waals surface area contributed by atoms with E-state index in [2.05, 4.69) is 16.8 Å². The van der Waals surface area contributed by atoms with Gasteiger partial charge in [0, 0.05) is 29.5 Å². The van der Waals surface area contributed by atoms with Crippen LogP contribution in [0.2, 0.25) is 5.02 Å². The second kappa shape index (κ2) is 6.43. The van der Waals surface area contributed by atoms with Crippen LogP contribution in [0.5, 0.6) is 0 Å². The number of anilines is 1. The van der Waals surface area contributed by atoms with Crippen LogP contribution < -0.4 is 5.32 Å². The largest absolute Gasteiger partial charge is 0.374 e. The van der Waals surface area contributed by atoms with Crippen LogP contribution in [0.4, 0.5) is 11.4 Å². The predicted octanol–water partition coefficient (Wildman–Crippen LogP) is 4.07. The summed E-state index contributed by atoms with van der Waals surface area (Å²) in [5.74, 6) is 0. The number of nitro benzene ring substituents is 1. The fraction of sp³-hybridized carbons (Fsp3) is 0.286. The van der Waals surface area contributed by atoms with Crippen molar-refractivity contribution in [2.75, 3.05) is 5.32 Å². The first-order valence-electron chi connectivity index (χ1n) is 6.43. The molecule has 6 heteroatoms. The van der Waals surface area contributed by atoms with E-state index in [0.29, 0.717) is 17.3 Å². The molecule has 2 aromatic rings. The van der Waals surface area contributed by atoms with E-state index < -0.39 is 4.92 Å². The van der Waals surface area contributed by atoms with Gasteiger partial charge in [-0.15, -0.1) is 0 Å². The molecule has 106 valence electrons. The number of nitro groups is 1. The maximum Gasteiger partial charge on any atom is 0.292 e. The molecule has 0 spiro atoms. The first-order valence-corrected chi connectivity index (χ1v) is 6.81. The van der Waals surface area contributed by atoms with Crippen molar-refractivity contribution in [2.24, 2.45) is 0 Å². The summed E-state index contributed by atoms with van der Waals surface area (Å²) >= 11 is 5.90. The van der Waals surface area contributed by atoms with Crippen LogP contribution in [0.15, 0.2) is 36.5 Å². The Balaban J connectivity index is 2.16. The second-order valence-corrected chi connectivity index (χ2v) is 4.90. The van der Waals surface area contributed by atoms with Crippen LogP contribution in [-0.2, 0) is 13.1 Å². The molecule has 0 aliphatic rings. The van der Waals surface area contributed by atoms with E-state index in [1.54, 1.807) is 6.07 Å². The zero-order valence-corrected chi connectivity index (χ0v) is 11.9. The van der Waals surface area contributed by atoms with Crippen molar-refractivity contribution in [3.05, 3.63) is 57.4 Å². The van der Waals surface area contributed by atoms with Crippen LogP contribution >= 0.6 is 11.6 Å². The predicted molar refractivity (Wildman–Crippen MR) is 80.2 cm³/mol. The molecule has 1 heterocycles. The molecule has 0 aliphatic carbocycles. The summed E-state index contributed by atoms with van der Waals surface area (Å²) in [6.45, 7) is 3.56. The van der Waals surface area contributed by atoms with Gasteiger partial charge in [-0.25, -0.2) is 0 Å². The Bertz CT molecular complexity index is 610. The molecule has 0 atom stereocenters. The first-order chi connectivity index (χ1) is 9.61. The molecule has 1 N–H and O–H groups in total. The highest BCUT2D eigenvalue weighted by molar-refractivity contribution is 6.31. The minimum atomic E-state index is -0.413. The number of aromatic nitrogens is 1. The fourth-order valence-electron chi connectivity index (χ4n) is 2.06. The zero-order valence-electron chi connectivity index (χ0n) is 11.2. The second-order valence-electron chi connectivity index (χ2n) is 4.47. The van der Waals surface area contributed by atoms with Crippen LogP contribution in [0.3, 0.4) is 0 Å². The van der Waals surface area contributed by atoms with Gasteiger partial charge in [0.25, 0.3) is 5.69 Å². The molecule has 0 fully saturated rings. The lowest BCUT2D eigenvalue weighted by Crippen LogP contribution is -2.08. The Kier molecular flexibility index (Phi) is 4.63. The van der Waals surface area contributed by atoms with Crippen molar-refractivity contribution in [2.45, 2.75) is 26.4 Å². The zero-order chi connectivity index (χ0) is 14.5. The minimum absolute atomic E-state index is 0.0306. The number of nitrogens with one attached hydrogen (secondary N) is 1. The number of aryl methyl sites for hydroxylation is 1. The van der Waals surface area contributed by atoms with Crippen LogP contribution in [0.25, 0.3) is 0 Å². The van der Waals surface area contributed by atoms with Gasteiger partial charge < -0.3 is 9.88 Å². The number of hydrogen-bond donors (Lipinski definition) is 1. The average molecular weight is 294 g/mol. The highest BCUT2D eigenvalue weighted by Crippen LogP contribution is 2.28. The van der Waals surface area contributed by atoms with Crippen molar-refractivity contribution in [1.82, 2.24) is 4.57 Å². The minimum Gasteiger partial charge on any atom is -0.374 e. The summed E-state index contributed by atoms with van der Waals surface area (Å²) in [5, 5.41) is 14.5. The maximum atomic E-state index is 11.0. The standard InChI is InChI=1S/C14H16ClN3O2/c1-2-7-17-8-3-4-12(17)10-16-13-9-11(15)5-6-14(13)18(19)20/h3-6,8-9,16H,2,7,10H2,1H3. The number of rotatable bonds is 6. The third-order valence-electron chi connectivity index (χ3n) is 3.00. The number of benzene rings is 1. The van der Waals surface area contributed by atoms with E-state index in [-0.39, 0.29) is 5.69 Å². The molecule has 1 aromatic heterocycles. The van der Waals surface area contributed by atoms with Crippen LogP contribution in [-0.4, -0.2) is 9.49 Å². The van der Waals surface area contributed by atoms with Gasteiger partial charge in [0.2, 0.25) is 0 Å². The Morgan fingerprint density at radius 2 is 2.20 bits per heavy atom. The molecule has 2 rings (SSSR count). The van der Waals surface area contributed by atoms with E-state index in [9.17, 15) is 10.1 Å². The van der Waals surface area contributed by atoms with Crippen molar-refractivity contribution in [1.29, 1.82) is 0 Å². The van der Waals surface area contributed by atoms with Gasteiger partial charge >= 0.3 is 0 Å². The molecule has 1 aromatic carbocycles. The van der Waals surface area contributed by atoms with Gasteiger partial charge in [-0.1, -0.05) is 18.5 Å². The number of hydrogen-bond acceptors (Lipinski definition) is 3. The van der Waals surface area contributed by atoms with Crippen molar-refractivity contribution in [3.8, 4) is 0 Å². The third-order valence-corrected chi connectivity index (χ3v) is 3.24. The molecule has 0 saturated heterocycles. The van der Waals surface area contributed by atoms with Crippen LogP contribution in [0, 0.1) is 10.1 Å². The molecular weight excluding hydrogens is 278 g/mol. The maximum absolute atomic E-state index is 11.0. The van der Waals surface area contributed by atoms with Crippen molar-refractivity contribution < 1.29 is 4.92 Å². The van der Waals surface area contributed by atoms with E-state index in [0.717, 1.165) is 18.7 Å². The normalized spacial score (nSPS) is 10.5. The lowest BCUT2D eigenvalue weighted by Gasteiger charge is -2.10. The highest BCUT2D eigenvalue weighted by atomic mass is 35.5. The smallest absolute Gasteiger partial charge is 0.292 e. The molecule has 0 radical (unpaired) electrons. The Hall–Kier alpha value is -2.01. The van der Waals surface area contributed by atoms with Gasteiger partial charge in [-0.2, -0.15) is 0 Å². The Labute approximate surface area is 122 Å². The topological polar surface area (TPSA) is 60.1 Å². The van der Waals surface area contributed by atoms with Gasteiger partial charge in [0.15, 0.2) is 0 Å². The SMILES string of the molecule is CCCn1cccc1CNc1cc(Cl)ccc1[N+](=O)[O-]. The third kappa shape index (κ3) is 3.30. The summed E-state index contributed by atoms with van der Waals surface area (Å²) in [5.41, 5.74) is 1.55. The first kappa shape index (κ1) is 14.4. The van der Waals surface area contributed by atoms with E-state index >= 15 is 0 Å². The quantitative estimate of drug-likeness (QED) is 0.645. The van der Waals surface area contributed by atoms with Crippen molar-refractivity contribution >= 4 is 23.0 Å². The van der Waals surface area contributed by atoms with Crippen molar-refractivity contribution in [3.63, 3.8) is 0 Å². The molecule has 0 saturated carbocycles. The summed E-state index contributed by atoms with van der Waals surface area (Å²) < 4.78 is 2.13. The molecular formula is C14H16ClN3O2. The summed E-state index contributed by atoms with van der Waals surface area (Å²) in [6, 6.07) is 8.48. The lowest BCUT2D eigenvalue weighted by molar-refractivity contribution is -0.384. The summed E-state index contributed by atoms with van der Waals surface area (Å²) in [7, 11) is 0. The number of nitrogens with zero attached hydrogens (tertiary/aromatic N) is 2. The molecule has 0 amide bonds. The summed E-state index contributed by atoms with van der Waals surface area (Å²) in [4.78, 5) is 10.6. The van der Waals surface area contributed by atoms with E-state index in [4.69, 9.17) is 11.6 Å². The molecule has 0 aliphatic heterocycles. The van der Waals surface area contributed by atoms with Gasteiger partial charge in [-0.3, -0.25) is 10.1 Å². The summed E-state index contributed by atoms with van der Waals surface area (Å²) in [6.07, 6.45) is 3.05.